The number of fused-ring (bicyclic) bond motifs is 2. The molecular weight excluding hydrogens is 425 g/mol. The van der Waals surface area contributed by atoms with E-state index in [-0.39, 0.29) is 17.8 Å². The maximum absolute atomic E-state index is 13.2. The van der Waals surface area contributed by atoms with Crippen LogP contribution in [0.25, 0.3) is 12.2 Å². The van der Waals surface area contributed by atoms with Gasteiger partial charge in [-0.2, -0.15) is 0 Å². The summed E-state index contributed by atoms with van der Waals surface area (Å²) in [6, 6.07) is 23.1. The van der Waals surface area contributed by atoms with E-state index in [1.807, 2.05) is 36.4 Å². The maximum atomic E-state index is 13.2. The fourth-order valence-corrected chi connectivity index (χ4v) is 4.93. The second-order valence-electron chi connectivity index (χ2n) is 9.00. The highest BCUT2D eigenvalue weighted by molar-refractivity contribution is 5.80. The Morgan fingerprint density at radius 2 is 1.41 bits per heavy atom. The summed E-state index contributed by atoms with van der Waals surface area (Å²) in [5, 5.41) is 3.31. The SMILES string of the molecule is O=C(CCCN1CCN(c2ccc(F)cc2)CC1)NC1c2ccccc2C=Cc2ccccc21. The number of carbonyl (C=O) groups excluding carboxylic acids is 1. The van der Waals surface area contributed by atoms with Crippen molar-refractivity contribution in [3.63, 3.8) is 0 Å². The monoisotopic (exact) mass is 455 g/mol. The fraction of sp³-hybridized carbons (Fsp3) is 0.276. The quantitative estimate of drug-likeness (QED) is 0.561. The van der Waals surface area contributed by atoms with E-state index in [9.17, 15) is 9.18 Å². The van der Waals surface area contributed by atoms with E-state index in [2.05, 4.69) is 51.5 Å². The first-order valence-corrected chi connectivity index (χ1v) is 12.1. The van der Waals surface area contributed by atoms with E-state index in [0.717, 1.165) is 67.1 Å². The molecule has 0 radical (unpaired) electrons. The second-order valence-corrected chi connectivity index (χ2v) is 9.00. The number of piperazine rings is 1. The molecule has 0 saturated carbocycles. The summed E-state index contributed by atoms with van der Waals surface area (Å²) < 4.78 is 13.2. The molecule has 4 nitrogen and oxygen atoms in total. The Morgan fingerprint density at radius 1 is 0.824 bits per heavy atom. The van der Waals surface area contributed by atoms with Gasteiger partial charge in [0.25, 0.3) is 0 Å². The lowest BCUT2D eigenvalue weighted by molar-refractivity contribution is -0.121. The van der Waals surface area contributed by atoms with Gasteiger partial charge in [0.15, 0.2) is 0 Å². The molecule has 0 bridgehead atoms. The highest BCUT2D eigenvalue weighted by Crippen LogP contribution is 2.32. The molecule has 0 spiro atoms. The molecule has 174 valence electrons. The molecule has 0 atom stereocenters. The van der Waals surface area contributed by atoms with Gasteiger partial charge < -0.3 is 10.2 Å². The van der Waals surface area contributed by atoms with Gasteiger partial charge >= 0.3 is 0 Å². The first-order valence-electron chi connectivity index (χ1n) is 12.1. The van der Waals surface area contributed by atoms with Gasteiger partial charge in [-0.15, -0.1) is 0 Å². The van der Waals surface area contributed by atoms with Crippen molar-refractivity contribution in [1.29, 1.82) is 0 Å². The molecule has 0 unspecified atom stereocenters. The average Bonchev–Trinajstić information content (AvgIpc) is 3.02. The fourth-order valence-electron chi connectivity index (χ4n) is 4.93. The Bertz CT molecular complexity index is 1120. The number of hydrogen-bond acceptors (Lipinski definition) is 3. The van der Waals surface area contributed by atoms with Gasteiger partial charge in [-0.25, -0.2) is 4.39 Å². The Morgan fingerprint density at radius 3 is 2.03 bits per heavy atom. The van der Waals surface area contributed by atoms with Crippen molar-refractivity contribution >= 4 is 23.7 Å². The minimum atomic E-state index is -0.201. The van der Waals surface area contributed by atoms with E-state index in [0.29, 0.717) is 6.42 Å². The molecule has 34 heavy (non-hydrogen) atoms. The Balaban J connectivity index is 1.15. The number of rotatable bonds is 6. The summed E-state index contributed by atoms with van der Waals surface area (Å²) in [6.07, 6.45) is 5.60. The average molecular weight is 456 g/mol. The van der Waals surface area contributed by atoms with Gasteiger partial charge in [0.2, 0.25) is 5.91 Å². The lowest BCUT2D eigenvalue weighted by atomic mass is 9.94. The number of amides is 1. The number of anilines is 1. The van der Waals surface area contributed by atoms with Crippen LogP contribution >= 0.6 is 0 Å². The highest BCUT2D eigenvalue weighted by Gasteiger charge is 2.23. The molecule has 5 heteroatoms. The van der Waals surface area contributed by atoms with Crippen molar-refractivity contribution < 1.29 is 9.18 Å². The van der Waals surface area contributed by atoms with Crippen molar-refractivity contribution in [2.24, 2.45) is 0 Å². The van der Waals surface area contributed by atoms with Crippen LogP contribution in [-0.2, 0) is 4.79 Å². The summed E-state index contributed by atoms with van der Waals surface area (Å²) in [4.78, 5) is 17.7. The van der Waals surface area contributed by atoms with Crippen molar-refractivity contribution in [3.05, 3.63) is 101 Å². The molecule has 1 heterocycles. The zero-order valence-electron chi connectivity index (χ0n) is 19.3. The summed E-state index contributed by atoms with van der Waals surface area (Å²) >= 11 is 0. The van der Waals surface area contributed by atoms with E-state index in [1.54, 1.807) is 0 Å². The predicted molar refractivity (Wildman–Crippen MR) is 136 cm³/mol. The zero-order chi connectivity index (χ0) is 23.3. The van der Waals surface area contributed by atoms with Crippen molar-refractivity contribution in [1.82, 2.24) is 10.2 Å². The second kappa shape index (κ2) is 10.2. The lowest BCUT2D eigenvalue weighted by Gasteiger charge is -2.36. The minimum absolute atomic E-state index is 0.0847. The summed E-state index contributed by atoms with van der Waals surface area (Å²) in [5.74, 6) is -0.116. The van der Waals surface area contributed by atoms with E-state index in [4.69, 9.17) is 0 Å². The molecule has 2 aliphatic rings. The smallest absolute Gasteiger partial charge is 0.220 e. The normalized spacial score (nSPS) is 16.0. The number of nitrogens with one attached hydrogen (secondary N) is 1. The molecule has 1 aliphatic heterocycles. The Labute approximate surface area is 200 Å². The van der Waals surface area contributed by atoms with E-state index < -0.39 is 0 Å². The number of nitrogens with zero attached hydrogens (tertiary/aromatic N) is 2. The van der Waals surface area contributed by atoms with Crippen molar-refractivity contribution in [2.75, 3.05) is 37.6 Å². The van der Waals surface area contributed by atoms with Gasteiger partial charge in [-0.1, -0.05) is 60.7 Å². The summed E-state index contributed by atoms with van der Waals surface area (Å²) in [5.41, 5.74) is 5.62. The molecule has 1 N–H and O–H groups in total. The first-order chi connectivity index (χ1) is 16.7. The van der Waals surface area contributed by atoms with E-state index >= 15 is 0 Å². The molecule has 1 aliphatic carbocycles. The van der Waals surface area contributed by atoms with Gasteiger partial charge in [-0.3, -0.25) is 9.69 Å². The van der Waals surface area contributed by atoms with Crippen LogP contribution in [-0.4, -0.2) is 43.5 Å². The van der Waals surface area contributed by atoms with Crippen LogP contribution in [0.2, 0.25) is 0 Å². The van der Waals surface area contributed by atoms with Crippen LogP contribution in [0, 0.1) is 5.82 Å². The molecule has 5 rings (SSSR count). The third kappa shape index (κ3) is 5.05. The van der Waals surface area contributed by atoms with Crippen LogP contribution in [0.4, 0.5) is 10.1 Å². The van der Waals surface area contributed by atoms with Crippen LogP contribution < -0.4 is 10.2 Å². The van der Waals surface area contributed by atoms with Gasteiger partial charge in [0.1, 0.15) is 5.82 Å². The maximum Gasteiger partial charge on any atom is 0.220 e. The molecule has 1 amide bonds. The van der Waals surface area contributed by atoms with Crippen LogP contribution in [0.3, 0.4) is 0 Å². The minimum Gasteiger partial charge on any atom is -0.369 e. The number of halogens is 1. The standard InChI is InChI=1S/C29H30FN3O/c30-24-13-15-25(16-14-24)33-20-18-32(19-21-33)17-5-10-28(34)31-29-26-8-3-1-6-22(26)11-12-23-7-2-4-9-27(23)29/h1-4,6-9,11-16,29H,5,10,17-21H2,(H,31,34). The molecule has 3 aromatic carbocycles. The van der Waals surface area contributed by atoms with Gasteiger partial charge in [0, 0.05) is 38.3 Å². The van der Waals surface area contributed by atoms with Crippen LogP contribution in [0.5, 0.6) is 0 Å². The number of hydrogen-bond donors (Lipinski definition) is 1. The van der Waals surface area contributed by atoms with Gasteiger partial charge in [-0.05, 0) is 59.5 Å². The third-order valence-electron chi connectivity index (χ3n) is 6.80. The predicted octanol–water partition coefficient (Wildman–Crippen LogP) is 5.12. The Kier molecular flexibility index (Phi) is 6.72. The first kappa shape index (κ1) is 22.4. The Hall–Kier alpha value is -3.44. The van der Waals surface area contributed by atoms with Crippen LogP contribution in [0.1, 0.15) is 41.1 Å². The molecule has 1 fully saturated rings. The molecule has 0 aromatic heterocycles. The molecule has 3 aromatic rings. The van der Waals surface area contributed by atoms with Gasteiger partial charge in [0.05, 0.1) is 6.04 Å². The summed E-state index contributed by atoms with van der Waals surface area (Å²) in [7, 11) is 0. The van der Waals surface area contributed by atoms with Crippen molar-refractivity contribution in [2.45, 2.75) is 18.9 Å². The molecular formula is C29H30FN3O. The topological polar surface area (TPSA) is 35.6 Å². The highest BCUT2D eigenvalue weighted by atomic mass is 19.1. The molecule has 1 saturated heterocycles. The van der Waals surface area contributed by atoms with Crippen LogP contribution in [0.15, 0.2) is 72.8 Å². The van der Waals surface area contributed by atoms with E-state index in [1.165, 1.54) is 12.1 Å². The van der Waals surface area contributed by atoms with Crippen molar-refractivity contribution in [3.8, 4) is 0 Å². The number of benzene rings is 3. The number of carbonyl (C=O) groups is 1. The summed E-state index contributed by atoms with van der Waals surface area (Å²) in [6.45, 7) is 4.65. The lowest BCUT2D eigenvalue weighted by Crippen LogP contribution is -2.46. The largest absolute Gasteiger partial charge is 0.369 e. The zero-order valence-corrected chi connectivity index (χ0v) is 19.3. The third-order valence-corrected chi connectivity index (χ3v) is 6.80.